The lowest BCUT2D eigenvalue weighted by molar-refractivity contribution is 0.540. The molecule has 0 aromatic heterocycles. The van der Waals surface area contributed by atoms with Crippen molar-refractivity contribution in [1.29, 1.82) is 0 Å². The summed E-state index contributed by atoms with van der Waals surface area (Å²) in [5, 5.41) is 10.6. The maximum atomic E-state index is 3.61. The first kappa shape index (κ1) is 14.8. The highest BCUT2D eigenvalue weighted by Crippen LogP contribution is 2.33. The predicted molar refractivity (Wildman–Crippen MR) is 96.0 cm³/mol. The van der Waals surface area contributed by atoms with E-state index in [1.165, 1.54) is 23.4 Å². The van der Waals surface area contributed by atoms with E-state index in [0.29, 0.717) is 12.0 Å². The highest BCUT2D eigenvalue weighted by atomic mass is 15.0. The molecular weight excluding hydrogens is 270 g/mol. The van der Waals surface area contributed by atoms with E-state index in [0.717, 1.165) is 17.9 Å². The van der Waals surface area contributed by atoms with Crippen molar-refractivity contribution in [1.82, 2.24) is 0 Å². The molecule has 3 nitrogen and oxygen atoms in total. The molecule has 0 saturated carbocycles. The monoisotopic (exact) mass is 295 g/mol. The maximum Gasteiger partial charge on any atom is 0.0620 e. The molecule has 22 heavy (non-hydrogen) atoms. The van der Waals surface area contributed by atoms with Gasteiger partial charge in [-0.25, -0.2) is 0 Å². The third kappa shape index (κ3) is 3.35. The molecule has 2 aromatic rings. The Bertz CT molecular complexity index is 649. The minimum atomic E-state index is 0.488. The molecule has 0 radical (unpaired) electrons. The van der Waals surface area contributed by atoms with Crippen LogP contribution in [0.2, 0.25) is 0 Å². The Kier molecular flexibility index (Phi) is 4.23. The van der Waals surface area contributed by atoms with Crippen molar-refractivity contribution in [2.45, 2.75) is 39.8 Å². The van der Waals surface area contributed by atoms with E-state index in [-0.39, 0.29) is 0 Å². The van der Waals surface area contributed by atoms with Crippen LogP contribution >= 0.6 is 0 Å². The summed E-state index contributed by atoms with van der Waals surface area (Å²) in [7, 11) is 0. The van der Waals surface area contributed by atoms with Crippen molar-refractivity contribution in [3.63, 3.8) is 0 Å². The maximum absolute atomic E-state index is 3.61. The number of anilines is 4. The molecule has 0 spiro atoms. The normalized spacial score (nSPS) is 14.2. The van der Waals surface area contributed by atoms with Gasteiger partial charge in [0.05, 0.1) is 11.4 Å². The molecule has 0 aliphatic carbocycles. The molecule has 1 aliphatic rings. The van der Waals surface area contributed by atoms with Crippen molar-refractivity contribution in [3.05, 3.63) is 48.0 Å². The fourth-order valence-electron chi connectivity index (χ4n) is 3.08. The Morgan fingerprint density at radius 1 is 1.00 bits per heavy atom. The Morgan fingerprint density at radius 2 is 1.77 bits per heavy atom. The Hall–Kier alpha value is -2.16. The summed E-state index contributed by atoms with van der Waals surface area (Å²) in [5.41, 5.74) is 5.95. The third-order valence-corrected chi connectivity index (χ3v) is 4.01. The van der Waals surface area contributed by atoms with Crippen LogP contribution < -0.4 is 16.0 Å². The molecular formula is C19H25N3. The predicted octanol–water partition coefficient (Wildman–Crippen LogP) is 5.20. The van der Waals surface area contributed by atoms with E-state index in [9.17, 15) is 0 Å². The van der Waals surface area contributed by atoms with Crippen LogP contribution in [-0.2, 0) is 6.54 Å². The molecule has 3 N–H and O–H groups in total. The second-order valence-corrected chi connectivity index (χ2v) is 6.57. The minimum absolute atomic E-state index is 0.488. The van der Waals surface area contributed by atoms with Gasteiger partial charge in [0.15, 0.2) is 0 Å². The quantitative estimate of drug-likeness (QED) is 0.725. The summed E-state index contributed by atoms with van der Waals surface area (Å²) < 4.78 is 0. The van der Waals surface area contributed by atoms with Gasteiger partial charge in [-0.3, -0.25) is 0 Å². The fourth-order valence-corrected chi connectivity index (χ4v) is 3.08. The molecule has 0 saturated heterocycles. The van der Waals surface area contributed by atoms with Crippen LogP contribution in [0.3, 0.4) is 0 Å². The van der Waals surface area contributed by atoms with E-state index < -0.39 is 0 Å². The standard InChI is InChI=1S/C19H25N3/c1-13(2)10-14(3)21-16-8-9-17-15(11-16)12-20-18-6-4-5-7-19(18)22-17/h4-9,11,13-14,20-22H,10,12H2,1-3H3. The lowest BCUT2D eigenvalue weighted by Gasteiger charge is -2.18. The van der Waals surface area contributed by atoms with Crippen molar-refractivity contribution in [3.8, 4) is 0 Å². The van der Waals surface area contributed by atoms with E-state index >= 15 is 0 Å². The summed E-state index contributed by atoms with van der Waals surface area (Å²) in [6.45, 7) is 7.62. The van der Waals surface area contributed by atoms with Crippen molar-refractivity contribution in [2.75, 3.05) is 16.0 Å². The lowest BCUT2D eigenvalue weighted by Crippen LogP contribution is -2.17. The summed E-state index contributed by atoms with van der Waals surface area (Å²) in [5.74, 6) is 0.709. The van der Waals surface area contributed by atoms with Gasteiger partial charge in [-0.2, -0.15) is 0 Å². The molecule has 3 rings (SSSR count). The second kappa shape index (κ2) is 6.30. The molecule has 1 heterocycles. The fraction of sp³-hybridized carbons (Fsp3) is 0.368. The van der Waals surface area contributed by atoms with E-state index in [2.05, 4.69) is 79.2 Å². The highest BCUT2D eigenvalue weighted by Gasteiger charge is 2.12. The average molecular weight is 295 g/mol. The van der Waals surface area contributed by atoms with Gasteiger partial charge in [-0.1, -0.05) is 26.0 Å². The van der Waals surface area contributed by atoms with Crippen molar-refractivity contribution < 1.29 is 0 Å². The van der Waals surface area contributed by atoms with Gasteiger partial charge in [0.2, 0.25) is 0 Å². The average Bonchev–Trinajstić information content (AvgIpc) is 2.65. The first-order chi connectivity index (χ1) is 10.6. The summed E-state index contributed by atoms with van der Waals surface area (Å²) in [6, 6.07) is 15.4. The molecule has 2 aromatic carbocycles. The summed E-state index contributed by atoms with van der Waals surface area (Å²) in [6.07, 6.45) is 1.18. The zero-order valence-electron chi connectivity index (χ0n) is 13.6. The highest BCUT2D eigenvalue weighted by molar-refractivity contribution is 5.78. The zero-order valence-corrected chi connectivity index (χ0v) is 13.6. The van der Waals surface area contributed by atoms with Crippen molar-refractivity contribution >= 4 is 22.7 Å². The third-order valence-electron chi connectivity index (χ3n) is 4.01. The minimum Gasteiger partial charge on any atom is -0.383 e. The van der Waals surface area contributed by atoms with Crippen LogP contribution in [0.15, 0.2) is 42.5 Å². The Balaban J connectivity index is 1.78. The molecule has 0 bridgehead atoms. The van der Waals surface area contributed by atoms with E-state index in [1.54, 1.807) is 0 Å². The molecule has 0 amide bonds. The number of hydrogen-bond donors (Lipinski definition) is 3. The van der Waals surface area contributed by atoms with Gasteiger partial charge >= 0.3 is 0 Å². The van der Waals surface area contributed by atoms with Crippen LogP contribution in [0.4, 0.5) is 22.7 Å². The smallest absolute Gasteiger partial charge is 0.0620 e. The number of benzene rings is 2. The van der Waals surface area contributed by atoms with Gasteiger partial charge in [0, 0.05) is 24.0 Å². The summed E-state index contributed by atoms with van der Waals surface area (Å²) >= 11 is 0. The number of rotatable bonds is 4. The molecule has 116 valence electrons. The van der Waals surface area contributed by atoms with Gasteiger partial charge in [-0.15, -0.1) is 0 Å². The second-order valence-electron chi connectivity index (χ2n) is 6.57. The van der Waals surface area contributed by atoms with E-state index in [1.807, 2.05) is 0 Å². The molecule has 1 atom stereocenters. The van der Waals surface area contributed by atoms with Crippen LogP contribution in [0, 0.1) is 5.92 Å². The Morgan fingerprint density at radius 3 is 2.55 bits per heavy atom. The number of para-hydroxylation sites is 2. The number of fused-ring (bicyclic) bond motifs is 2. The first-order valence-electron chi connectivity index (χ1n) is 8.11. The number of hydrogen-bond acceptors (Lipinski definition) is 3. The molecule has 1 unspecified atom stereocenters. The SMILES string of the molecule is CC(C)CC(C)Nc1ccc2c(c1)CNc1ccccc1N2. The van der Waals surface area contributed by atoms with Gasteiger partial charge in [-0.05, 0) is 55.2 Å². The van der Waals surface area contributed by atoms with Gasteiger partial charge < -0.3 is 16.0 Å². The van der Waals surface area contributed by atoms with Crippen LogP contribution in [0.1, 0.15) is 32.8 Å². The number of nitrogens with one attached hydrogen (secondary N) is 3. The lowest BCUT2D eigenvalue weighted by atomic mass is 10.0. The zero-order chi connectivity index (χ0) is 15.5. The molecule has 3 heteroatoms. The van der Waals surface area contributed by atoms with Crippen molar-refractivity contribution in [2.24, 2.45) is 5.92 Å². The van der Waals surface area contributed by atoms with Crippen LogP contribution in [-0.4, -0.2) is 6.04 Å². The van der Waals surface area contributed by atoms with Gasteiger partial charge in [0.25, 0.3) is 0 Å². The van der Waals surface area contributed by atoms with E-state index in [4.69, 9.17) is 0 Å². The topological polar surface area (TPSA) is 36.1 Å². The molecule has 0 fully saturated rings. The van der Waals surface area contributed by atoms with Crippen LogP contribution in [0.25, 0.3) is 0 Å². The van der Waals surface area contributed by atoms with Gasteiger partial charge in [0.1, 0.15) is 0 Å². The summed E-state index contributed by atoms with van der Waals surface area (Å²) in [4.78, 5) is 0. The first-order valence-corrected chi connectivity index (χ1v) is 8.11. The largest absolute Gasteiger partial charge is 0.383 e. The molecule has 1 aliphatic heterocycles. The Labute approximate surface area is 133 Å². The van der Waals surface area contributed by atoms with Crippen LogP contribution in [0.5, 0.6) is 0 Å².